The third-order valence-electron chi connectivity index (χ3n) is 2.11. The van der Waals surface area contributed by atoms with Crippen LogP contribution in [-0.2, 0) is 8.89 Å². The van der Waals surface area contributed by atoms with Crippen LogP contribution in [0.1, 0.15) is 33.1 Å². The van der Waals surface area contributed by atoms with Crippen LogP contribution >= 0.6 is 0 Å². The number of hydrogen-bond acceptors (Lipinski definition) is 4. The van der Waals surface area contributed by atoms with E-state index >= 15 is 0 Å². The van der Waals surface area contributed by atoms with Crippen molar-refractivity contribution in [2.45, 2.75) is 39.2 Å². The van der Waals surface area contributed by atoms with Gasteiger partial charge in [-0.1, -0.05) is 20.3 Å². The van der Waals surface area contributed by atoms with E-state index in [0.29, 0.717) is 6.42 Å². The molecule has 14 heavy (non-hydrogen) atoms. The monoisotopic (exact) mass is 228 g/mol. The van der Waals surface area contributed by atoms with Gasteiger partial charge >= 0.3 is 38.7 Å². The van der Waals surface area contributed by atoms with Crippen molar-refractivity contribution in [2.24, 2.45) is 5.92 Å². The first-order valence-electron chi connectivity index (χ1n) is 4.64. The first-order chi connectivity index (χ1) is 6.15. The van der Waals surface area contributed by atoms with E-state index in [9.17, 15) is 9.26 Å². The SMILES string of the molecule is CCCC(O[Si](=O)[O-])C(CC)CO.[Na+]. The molecule has 0 bridgehead atoms. The summed E-state index contributed by atoms with van der Waals surface area (Å²) in [5, 5.41) is 8.96. The summed E-state index contributed by atoms with van der Waals surface area (Å²) in [6, 6.07) is 0. The summed E-state index contributed by atoms with van der Waals surface area (Å²) in [6.45, 7) is 3.85. The van der Waals surface area contributed by atoms with Gasteiger partial charge in [0.1, 0.15) is 0 Å². The Bertz CT molecular complexity index is 152. The maximum Gasteiger partial charge on any atom is 1.00 e. The molecule has 1 N–H and O–H groups in total. The van der Waals surface area contributed by atoms with Crippen LogP contribution in [0.15, 0.2) is 0 Å². The summed E-state index contributed by atoms with van der Waals surface area (Å²) in [5.41, 5.74) is 0. The molecular formula is C8H17NaO4Si. The minimum Gasteiger partial charge on any atom is -0.585 e. The summed E-state index contributed by atoms with van der Waals surface area (Å²) in [4.78, 5) is 10.4. The molecule has 0 amide bonds. The molecule has 0 saturated heterocycles. The number of aliphatic hydroxyl groups is 1. The molecule has 6 heteroatoms. The Labute approximate surface area is 109 Å². The Kier molecular flexibility index (Phi) is 12.3. The molecule has 4 nitrogen and oxygen atoms in total. The van der Waals surface area contributed by atoms with E-state index in [4.69, 9.17) is 9.53 Å². The topological polar surface area (TPSA) is 69.6 Å². The Morgan fingerprint density at radius 1 is 1.50 bits per heavy atom. The van der Waals surface area contributed by atoms with Gasteiger partial charge in [-0.15, -0.1) is 0 Å². The van der Waals surface area contributed by atoms with Crippen molar-refractivity contribution in [3.05, 3.63) is 0 Å². The molecule has 0 fully saturated rings. The molecule has 0 aliphatic rings. The fourth-order valence-corrected chi connectivity index (χ4v) is 1.87. The van der Waals surface area contributed by atoms with E-state index in [1.807, 2.05) is 13.8 Å². The largest absolute Gasteiger partial charge is 1.00 e. The van der Waals surface area contributed by atoms with Crippen molar-refractivity contribution in [1.82, 2.24) is 0 Å². The molecule has 0 aliphatic carbocycles. The smallest absolute Gasteiger partial charge is 0.585 e. The van der Waals surface area contributed by atoms with Gasteiger partial charge in [0.2, 0.25) is 0 Å². The van der Waals surface area contributed by atoms with Crippen molar-refractivity contribution in [1.29, 1.82) is 0 Å². The van der Waals surface area contributed by atoms with Crippen LogP contribution in [0.4, 0.5) is 0 Å². The minimum atomic E-state index is -3.13. The van der Waals surface area contributed by atoms with Crippen LogP contribution in [0.3, 0.4) is 0 Å². The molecule has 0 aromatic heterocycles. The zero-order valence-electron chi connectivity index (χ0n) is 9.16. The molecule has 0 rings (SSSR count). The average molecular weight is 228 g/mol. The maximum atomic E-state index is 10.4. The first kappa shape index (κ1) is 17.0. The molecular weight excluding hydrogens is 211 g/mol. The Morgan fingerprint density at radius 3 is 2.36 bits per heavy atom. The van der Waals surface area contributed by atoms with Crippen molar-refractivity contribution < 1.29 is 48.3 Å². The Morgan fingerprint density at radius 2 is 2.07 bits per heavy atom. The fourth-order valence-electron chi connectivity index (χ4n) is 1.31. The second kappa shape index (κ2) is 10.1. The molecule has 2 unspecified atom stereocenters. The maximum absolute atomic E-state index is 10.4. The molecule has 0 spiro atoms. The van der Waals surface area contributed by atoms with E-state index < -0.39 is 9.17 Å². The number of hydrogen-bond donors (Lipinski definition) is 1. The van der Waals surface area contributed by atoms with Crippen LogP contribution in [0, 0.1) is 5.92 Å². The van der Waals surface area contributed by atoms with Crippen LogP contribution in [0.2, 0.25) is 0 Å². The van der Waals surface area contributed by atoms with Crippen LogP contribution in [0.5, 0.6) is 0 Å². The van der Waals surface area contributed by atoms with Gasteiger partial charge in [-0.3, -0.25) is 0 Å². The summed E-state index contributed by atoms with van der Waals surface area (Å²) in [7, 11) is -3.13. The predicted octanol–water partition coefficient (Wildman–Crippen LogP) is -3.03. The molecule has 0 aromatic carbocycles. The summed E-state index contributed by atoms with van der Waals surface area (Å²) >= 11 is 0. The molecule has 0 heterocycles. The molecule has 0 saturated carbocycles. The quantitative estimate of drug-likeness (QED) is 0.471. The fraction of sp³-hybridized carbons (Fsp3) is 1.00. The van der Waals surface area contributed by atoms with Crippen LogP contribution < -0.4 is 34.4 Å². The van der Waals surface area contributed by atoms with Gasteiger partial charge in [-0.2, -0.15) is 0 Å². The third-order valence-corrected chi connectivity index (χ3v) is 2.60. The normalized spacial score (nSPS) is 13.9. The van der Waals surface area contributed by atoms with E-state index in [1.54, 1.807) is 0 Å². The number of rotatable bonds is 7. The van der Waals surface area contributed by atoms with E-state index in [1.165, 1.54) is 0 Å². The standard InChI is InChI=1S/C8H17O4Si.Na/c1-3-5-8(12-13(10)11)7(4-2)6-9;/h7-9H,3-6H2,1-2H3;/q-1;+1. The van der Waals surface area contributed by atoms with Gasteiger partial charge < -0.3 is 18.8 Å². The summed E-state index contributed by atoms with van der Waals surface area (Å²) in [5.74, 6) is -0.0668. The summed E-state index contributed by atoms with van der Waals surface area (Å²) < 4.78 is 15.2. The van der Waals surface area contributed by atoms with Gasteiger partial charge in [0.25, 0.3) is 0 Å². The first-order valence-corrected chi connectivity index (χ1v) is 5.86. The zero-order valence-corrected chi connectivity index (χ0v) is 12.2. The van der Waals surface area contributed by atoms with Crippen molar-refractivity contribution >= 4 is 9.17 Å². The third kappa shape index (κ3) is 6.95. The van der Waals surface area contributed by atoms with Crippen molar-refractivity contribution in [3.8, 4) is 0 Å². The van der Waals surface area contributed by atoms with E-state index in [-0.39, 0.29) is 48.2 Å². The van der Waals surface area contributed by atoms with Crippen molar-refractivity contribution in [2.75, 3.05) is 6.61 Å². The Hall–Kier alpha value is 0.577. The molecule has 0 aromatic rings. The predicted molar refractivity (Wildman–Crippen MR) is 47.1 cm³/mol. The Balaban J connectivity index is 0. The van der Waals surface area contributed by atoms with Crippen LogP contribution in [0.25, 0.3) is 0 Å². The summed E-state index contributed by atoms with van der Waals surface area (Å²) in [6.07, 6.45) is 1.92. The van der Waals surface area contributed by atoms with Gasteiger partial charge in [-0.25, -0.2) is 0 Å². The van der Waals surface area contributed by atoms with Crippen LogP contribution in [-0.4, -0.2) is 27.0 Å². The molecule has 78 valence electrons. The second-order valence-electron chi connectivity index (χ2n) is 3.05. The van der Waals surface area contributed by atoms with Gasteiger partial charge in [0, 0.05) is 18.6 Å². The molecule has 0 aliphatic heterocycles. The number of aliphatic hydroxyl groups excluding tert-OH is 1. The zero-order chi connectivity index (χ0) is 10.3. The van der Waals surface area contributed by atoms with Gasteiger partial charge in [0.15, 0.2) is 0 Å². The minimum absolute atomic E-state index is 0. The van der Waals surface area contributed by atoms with Gasteiger partial charge in [-0.05, 0) is 12.8 Å². The van der Waals surface area contributed by atoms with E-state index in [2.05, 4.69) is 0 Å². The van der Waals surface area contributed by atoms with Crippen molar-refractivity contribution in [3.63, 3.8) is 0 Å². The molecule has 2 atom stereocenters. The second-order valence-corrected chi connectivity index (χ2v) is 3.78. The molecule has 0 radical (unpaired) electrons. The average Bonchev–Trinajstić information content (AvgIpc) is 2.05. The van der Waals surface area contributed by atoms with E-state index in [0.717, 1.165) is 12.8 Å². The van der Waals surface area contributed by atoms with Gasteiger partial charge in [0.05, 0.1) is 0 Å².